The summed E-state index contributed by atoms with van der Waals surface area (Å²) in [6.07, 6.45) is 0. The first-order valence-corrected chi connectivity index (χ1v) is 6.65. The van der Waals surface area contributed by atoms with E-state index in [0.717, 1.165) is 16.5 Å². The van der Waals surface area contributed by atoms with Crippen LogP contribution in [0.2, 0.25) is 0 Å². The smallest absolute Gasteiger partial charge is 0.276 e. The van der Waals surface area contributed by atoms with Crippen LogP contribution in [0.15, 0.2) is 42.5 Å². The normalized spacial score (nSPS) is 10.8. The molecular formula is C16H16N4O. The lowest BCUT2D eigenvalue weighted by atomic mass is 10.1. The van der Waals surface area contributed by atoms with Crippen molar-refractivity contribution >= 4 is 28.2 Å². The van der Waals surface area contributed by atoms with Gasteiger partial charge in [-0.2, -0.15) is 5.10 Å². The number of nitrogens with one attached hydrogen (secondary N) is 1. The van der Waals surface area contributed by atoms with Gasteiger partial charge < -0.3 is 11.1 Å². The number of rotatable bonds is 2. The Morgan fingerprint density at radius 1 is 1.24 bits per heavy atom. The molecule has 0 atom stereocenters. The number of hydrogen-bond acceptors (Lipinski definition) is 3. The van der Waals surface area contributed by atoms with Crippen LogP contribution < -0.4 is 11.1 Å². The van der Waals surface area contributed by atoms with Crippen LogP contribution >= 0.6 is 0 Å². The van der Waals surface area contributed by atoms with Gasteiger partial charge in [-0.3, -0.25) is 9.48 Å². The van der Waals surface area contributed by atoms with Gasteiger partial charge in [-0.1, -0.05) is 24.3 Å². The Hall–Kier alpha value is -2.82. The largest absolute Gasteiger partial charge is 0.398 e. The van der Waals surface area contributed by atoms with Gasteiger partial charge in [-0.05, 0) is 30.7 Å². The number of amides is 1. The molecule has 1 amide bonds. The van der Waals surface area contributed by atoms with Crippen molar-refractivity contribution in [3.8, 4) is 0 Å². The first kappa shape index (κ1) is 13.2. The van der Waals surface area contributed by atoms with E-state index in [1.807, 2.05) is 50.4 Å². The van der Waals surface area contributed by atoms with E-state index in [9.17, 15) is 4.79 Å². The zero-order chi connectivity index (χ0) is 15.0. The van der Waals surface area contributed by atoms with Gasteiger partial charge in [-0.15, -0.1) is 0 Å². The van der Waals surface area contributed by atoms with Gasteiger partial charge in [0.15, 0.2) is 5.69 Å². The van der Waals surface area contributed by atoms with Crippen molar-refractivity contribution in [2.24, 2.45) is 7.05 Å². The summed E-state index contributed by atoms with van der Waals surface area (Å²) >= 11 is 0. The van der Waals surface area contributed by atoms with Crippen molar-refractivity contribution in [3.05, 3.63) is 53.7 Å². The zero-order valence-electron chi connectivity index (χ0n) is 11.9. The third-order valence-corrected chi connectivity index (χ3v) is 3.51. The molecule has 0 bridgehead atoms. The first-order valence-electron chi connectivity index (χ1n) is 6.65. The molecule has 3 rings (SSSR count). The predicted octanol–water partition coefficient (Wildman–Crippen LogP) is 2.72. The molecule has 106 valence electrons. The number of nitrogens with zero attached hydrogens (tertiary/aromatic N) is 2. The number of aromatic nitrogens is 2. The fourth-order valence-electron chi connectivity index (χ4n) is 2.29. The van der Waals surface area contributed by atoms with E-state index in [1.54, 1.807) is 10.7 Å². The second-order valence-corrected chi connectivity index (χ2v) is 5.01. The Bertz CT molecular complexity index is 835. The predicted molar refractivity (Wildman–Crippen MR) is 84.3 cm³/mol. The summed E-state index contributed by atoms with van der Waals surface area (Å²) < 4.78 is 1.70. The van der Waals surface area contributed by atoms with Gasteiger partial charge in [0, 0.05) is 23.8 Å². The van der Waals surface area contributed by atoms with E-state index in [0.29, 0.717) is 17.1 Å². The Labute approximate surface area is 122 Å². The molecule has 0 radical (unpaired) electrons. The maximum Gasteiger partial charge on any atom is 0.276 e. The van der Waals surface area contributed by atoms with Crippen LogP contribution in [0.4, 0.5) is 11.4 Å². The highest BCUT2D eigenvalue weighted by molar-refractivity contribution is 6.11. The minimum absolute atomic E-state index is 0.241. The molecule has 1 heterocycles. The van der Waals surface area contributed by atoms with Gasteiger partial charge >= 0.3 is 0 Å². The van der Waals surface area contributed by atoms with Crippen LogP contribution in [0.5, 0.6) is 0 Å². The lowest BCUT2D eigenvalue weighted by molar-refractivity contribution is 0.102. The van der Waals surface area contributed by atoms with Crippen LogP contribution in [0.1, 0.15) is 16.1 Å². The van der Waals surface area contributed by atoms with Crippen molar-refractivity contribution in [2.45, 2.75) is 6.92 Å². The molecule has 0 fully saturated rings. The highest BCUT2D eigenvalue weighted by Gasteiger charge is 2.15. The van der Waals surface area contributed by atoms with Crippen LogP contribution in [0, 0.1) is 6.92 Å². The summed E-state index contributed by atoms with van der Waals surface area (Å²) in [5.74, 6) is -0.241. The average molecular weight is 280 g/mol. The molecule has 0 saturated carbocycles. The SMILES string of the molecule is Cc1ccc(NC(=O)c2nn(C)c3ccccc23)cc1N. The van der Waals surface area contributed by atoms with E-state index in [-0.39, 0.29) is 5.91 Å². The molecule has 3 N–H and O–H groups in total. The molecule has 0 aliphatic carbocycles. The minimum Gasteiger partial charge on any atom is -0.398 e. The molecule has 0 saturated heterocycles. The van der Waals surface area contributed by atoms with E-state index in [4.69, 9.17) is 5.73 Å². The van der Waals surface area contributed by atoms with Crippen molar-refractivity contribution < 1.29 is 4.79 Å². The number of fused-ring (bicyclic) bond motifs is 1. The van der Waals surface area contributed by atoms with Crippen molar-refractivity contribution in [3.63, 3.8) is 0 Å². The molecule has 0 aliphatic heterocycles. The van der Waals surface area contributed by atoms with E-state index >= 15 is 0 Å². The quantitative estimate of drug-likeness (QED) is 0.709. The Morgan fingerprint density at radius 2 is 2.00 bits per heavy atom. The van der Waals surface area contributed by atoms with Crippen LogP contribution in [0.3, 0.4) is 0 Å². The van der Waals surface area contributed by atoms with Crippen molar-refractivity contribution in [1.82, 2.24) is 9.78 Å². The van der Waals surface area contributed by atoms with Crippen molar-refractivity contribution in [2.75, 3.05) is 11.1 Å². The second kappa shape index (κ2) is 4.94. The van der Waals surface area contributed by atoms with E-state index in [1.165, 1.54) is 0 Å². The van der Waals surface area contributed by atoms with Crippen LogP contribution in [-0.4, -0.2) is 15.7 Å². The monoisotopic (exact) mass is 280 g/mol. The van der Waals surface area contributed by atoms with Crippen molar-refractivity contribution in [1.29, 1.82) is 0 Å². The topological polar surface area (TPSA) is 72.9 Å². The third-order valence-electron chi connectivity index (χ3n) is 3.51. The fourth-order valence-corrected chi connectivity index (χ4v) is 2.29. The number of carbonyl (C=O) groups excluding carboxylic acids is 1. The molecule has 3 aromatic rings. The number of benzene rings is 2. The van der Waals surface area contributed by atoms with Gasteiger partial charge in [0.05, 0.1) is 5.52 Å². The summed E-state index contributed by atoms with van der Waals surface area (Å²) in [4.78, 5) is 12.4. The minimum atomic E-state index is -0.241. The van der Waals surface area contributed by atoms with Gasteiger partial charge in [-0.25, -0.2) is 0 Å². The first-order chi connectivity index (χ1) is 10.1. The van der Waals surface area contributed by atoms with Gasteiger partial charge in [0.2, 0.25) is 0 Å². The van der Waals surface area contributed by atoms with E-state index < -0.39 is 0 Å². The number of anilines is 2. The number of para-hydroxylation sites is 1. The highest BCUT2D eigenvalue weighted by atomic mass is 16.2. The molecule has 21 heavy (non-hydrogen) atoms. The molecule has 2 aromatic carbocycles. The summed E-state index contributed by atoms with van der Waals surface area (Å²) in [6.45, 7) is 1.92. The summed E-state index contributed by atoms with van der Waals surface area (Å²) in [5, 5.41) is 7.97. The Morgan fingerprint density at radius 3 is 2.76 bits per heavy atom. The molecule has 0 unspecified atom stereocenters. The Balaban J connectivity index is 1.95. The molecule has 0 aliphatic rings. The standard InChI is InChI=1S/C16H16N4O/c1-10-7-8-11(9-13(10)17)18-16(21)15-12-5-3-4-6-14(12)20(2)19-15/h3-9H,17H2,1-2H3,(H,18,21). The summed E-state index contributed by atoms with van der Waals surface area (Å²) in [5.41, 5.74) is 9.49. The lowest BCUT2D eigenvalue weighted by Gasteiger charge is -2.06. The van der Waals surface area contributed by atoms with Crippen LogP contribution in [0.25, 0.3) is 10.9 Å². The average Bonchev–Trinajstić information content (AvgIpc) is 2.81. The number of nitrogen functional groups attached to an aromatic ring is 1. The van der Waals surface area contributed by atoms with Crippen LogP contribution in [-0.2, 0) is 7.05 Å². The third kappa shape index (κ3) is 2.33. The number of carbonyl (C=O) groups is 1. The second-order valence-electron chi connectivity index (χ2n) is 5.01. The molecule has 0 spiro atoms. The lowest BCUT2D eigenvalue weighted by Crippen LogP contribution is -2.13. The maximum atomic E-state index is 12.4. The summed E-state index contributed by atoms with van der Waals surface area (Å²) in [7, 11) is 1.82. The van der Waals surface area contributed by atoms with E-state index in [2.05, 4.69) is 10.4 Å². The molecular weight excluding hydrogens is 264 g/mol. The maximum absolute atomic E-state index is 12.4. The zero-order valence-corrected chi connectivity index (χ0v) is 11.9. The molecule has 5 heteroatoms. The number of nitrogens with two attached hydrogens (primary N) is 1. The highest BCUT2D eigenvalue weighted by Crippen LogP contribution is 2.21. The number of aryl methyl sites for hydroxylation is 2. The molecule has 1 aromatic heterocycles. The Kier molecular flexibility index (Phi) is 3.10. The molecule has 5 nitrogen and oxygen atoms in total. The fraction of sp³-hybridized carbons (Fsp3) is 0.125. The number of hydrogen-bond donors (Lipinski definition) is 2. The van der Waals surface area contributed by atoms with Gasteiger partial charge in [0.25, 0.3) is 5.91 Å². The summed E-state index contributed by atoms with van der Waals surface area (Å²) in [6, 6.07) is 13.1. The van der Waals surface area contributed by atoms with Gasteiger partial charge in [0.1, 0.15) is 0 Å².